The minimum Gasteiger partial charge on any atom is -0.508 e. The number of hydrogen-bond donors (Lipinski definition) is 6. The van der Waals surface area contributed by atoms with Crippen molar-refractivity contribution in [2.75, 3.05) is 61.5 Å². The summed E-state index contributed by atoms with van der Waals surface area (Å²) in [7, 11) is 10.5. The molecule has 4 saturated carbocycles. The molecule has 4 heterocycles. The zero-order valence-corrected chi connectivity index (χ0v) is 55.7. The summed E-state index contributed by atoms with van der Waals surface area (Å²) >= 11 is 0. The zero-order chi connectivity index (χ0) is 62.6. The number of fused-ring (bicyclic) bond motifs is 4. The summed E-state index contributed by atoms with van der Waals surface area (Å²) in [5.41, 5.74) is 13.6. The lowest BCUT2D eigenvalue weighted by molar-refractivity contribution is -0.165. The number of nitrogens with zero attached hydrogens (tertiary/aromatic N) is 4. The van der Waals surface area contributed by atoms with E-state index in [2.05, 4.69) is 101 Å². The number of carbonyl (C=O) groups excluding carboxylic acids is 1. The number of aromatic hydroxyl groups is 2. The van der Waals surface area contributed by atoms with Crippen molar-refractivity contribution >= 4 is 35.3 Å². The molecule has 14 atom stereocenters. The molecule has 15 nitrogen and oxygen atoms in total. The number of halogens is 1. The predicted octanol–water partition coefficient (Wildman–Crippen LogP) is 11.5. The van der Waals surface area contributed by atoms with Crippen molar-refractivity contribution in [3.63, 3.8) is 0 Å². The van der Waals surface area contributed by atoms with Crippen molar-refractivity contribution in [2.24, 2.45) is 23.7 Å². The highest BCUT2D eigenvalue weighted by Gasteiger charge is 2.57. The molecule has 4 aliphatic heterocycles. The van der Waals surface area contributed by atoms with E-state index in [-0.39, 0.29) is 24.4 Å². The Balaban J connectivity index is 0.000000126. The van der Waals surface area contributed by atoms with E-state index in [1.807, 2.05) is 12.1 Å². The number of aliphatic carboxylic acids is 2. The Morgan fingerprint density at radius 1 is 0.462 bits per heavy atom. The number of phenols is 2. The van der Waals surface area contributed by atoms with Crippen LogP contribution in [0.2, 0.25) is 0 Å². The fourth-order valence-corrected chi connectivity index (χ4v) is 21.2. The van der Waals surface area contributed by atoms with Crippen molar-refractivity contribution in [3.05, 3.63) is 117 Å². The van der Waals surface area contributed by atoms with Gasteiger partial charge in [-0.05, 0) is 260 Å². The number of carboxylic acids is 2. The number of carboxylic acid groups (broad SMARTS) is 2. The molecular formula is C75H105BrN4O11. The van der Waals surface area contributed by atoms with E-state index in [1.54, 1.807) is 25.3 Å². The van der Waals surface area contributed by atoms with Crippen molar-refractivity contribution in [2.45, 2.75) is 220 Å². The number of amides is 1. The summed E-state index contributed by atoms with van der Waals surface area (Å²) in [5.74, 6) is 2.53. The largest absolute Gasteiger partial charge is 0.508 e. The Morgan fingerprint density at radius 2 is 0.758 bits per heavy atom. The number of methoxy groups -OCH3 is 2. The molecule has 0 radical (unpaired) electrons. The standard InChI is InChI=1S/C18H23NO2.C18H25NO.2C17H23NO.C4H6O6.CH4.BrH/c1-21-14-6-5-13-10-17-15-4-2-3-7-18(15,16(13)11-14)8-9-19(17)12-20;1-19-10-9-18-8-4-3-5-15(18)17(19)11-13-6-7-14(20-2)12-16(13)18;2*1-18-9-8-17-7-3-2-4-14(17)16(18)10-12-5-6-13(19)11-15(12)17;5-1(3(7)8)2(6)4(9)10;;/h5-6,11-12,15,17H,2-4,7-10H2,1H3;6-7,12,15,17H,3-5,8-11H2,1-2H3;2*5-6,11,14,16,19H,2-4,7-10H2,1H3;1-2,5-6H,(H,7,8)(H,9,10);1H4;1H/t2*15-,17+,18+;2*14-,16+,17+;1-,2-;;/m00001../s1. The van der Waals surface area contributed by atoms with Gasteiger partial charge in [-0.3, -0.25) is 4.79 Å². The predicted molar refractivity (Wildman–Crippen MR) is 360 cm³/mol. The molecule has 4 saturated heterocycles. The monoisotopic (exact) mass is 1320 g/mol. The minimum atomic E-state index is -2.27. The second-order valence-corrected chi connectivity index (χ2v) is 29.2. The van der Waals surface area contributed by atoms with Crippen molar-refractivity contribution in [1.82, 2.24) is 19.6 Å². The molecule has 16 rings (SSSR count). The van der Waals surface area contributed by atoms with Crippen molar-refractivity contribution in [3.8, 4) is 23.0 Å². The van der Waals surface area contributed by atoms with Crippen molar-refractivity contribution < 1.29 is 54.5 Å². The summed E-state index contributed by atoms with van der Waals surface area (Å²) in [6.07, 6.45) is 27.9. The molecule has 0 aromatic heterocycles. The number of likely N-dealkylation sites (tertiary alicyclic amines) is 4. The van der Waals surface area contributed by atoms with Gasteiger partial charge in [-0.1, -0.05) is 83.1 Å². The van der Waals surface area contributed by atoms with E-state index >= 15 is 0 Å². The lowest BCUT2D eigenvalue weighted by Gasteiger charge is -2.58. The van der Waals surface area contributed by atoms with Gasteiger partial charge in [-0.25, -0.2) is 9.59 Å². The Morgan fingerprint density at radius 3 is 1.08 bits per heavy atom. The highest BCUT2D eigenvalue weighted by molar-refractivity contribution is 8.93. The lowest BCUT2D eigenvalue weighted by Crippen LogP contribution is -2.60. The highest BCUT2D eigenvalue weighted by atomic mass is 79.9. The van der Waals surface area contributed by atoms with Gasteiger partial charge in [0.15, 0.2) is 12.2 Å². The second kappa shape index (κ2) is 28.0. The second-order valence-electron chi connectivity index (χ2n) is 29.2. The maximum Gasteiger partial charge on any atom is 0.335 e. The first-order valence-electron chi connectivity index (χ1n) is 34.0. The number of ether oxygens (including phenoxy) is 2. The number of carbonyl (C=O) groups is 3. The van der Waals surface area contributed by atoms with Gasteiger partial charge in [0, 0.05) is 52.4 Å². The molecule has 8 aliphatic carbocycles. The van der Waals surface area contributed by atoms with Gasteiger partial charge in [-0.2, -0.15) is 0 Å². The van der Waals surface area contributed by atoms with E-state index in [4.69, 9.17) is 29.9 Å². The first-order valence-corrected chi connectivity index (χ1v) is 34.0. The molecule has 1 amide bonds. The number of benzene rings is 4. The summed E-state index contributed by atoms with van der Waals surface area (Å²) in [5, 5.41) is 52.4. The molecule has 0 spiro atoms. The van der Waals surface area contributed by atoms with Crippen LogP contribution in [0.3, 0.4) is 0 Å². The van der Waals surface area contributed by atoms with Crippen LogP contribution < -0.4 is 9.47 Å². The SMILES string of the molecule is Br.C.CN1CC[C@]23CCCC[C@H]2[C@H]1Cc1ccc(O)cc13.CN1CC[C@]23CCCC[C@H]2[C@H]1Cc1ccc(O)cc13.COc1ccc2c(c1)[C@@]13CCCC[C@H]1[C@@H](C2)N(C)CC3.COc1ccc2c(c1)[C@@]13CCCC[C@H]1[C@@H](C2)N(C=O)CC3.O=C(O)[C@H](O)[C@@H](O)C(=O)O. The molecule has 12 aliphatic rings. The number of aliphatic hydroxyl groups excluding tert-OH is 2. The first kappa shape index (κ1) is 68.6. The number of likely N-dealkylation sites (N-methyl/N-ethyl adjacent to an activating group) is 3. The third-order valence-corrected chi connectivity index (χ3v) is 25.5. The van der Waals surface area contributed by atoms with Gasteiger partial charge in [0.1, 0.15) is 23.0 Å². The molecule has 8 bridgehead atoms. The third-order valence-electron chi connectivity index (χ3n) is 25.5. The highest BCUT2D eigenvalue weighted by Crippen LogP contribution is 2.60. The van der Waals surface area contributed by atoms with E-state index in [0.29, 0.717) is 45.1 Å². The Labute approximate surface area is 551 Å². The van der Waals surface area contributed by atoms with Crippen LogP contribution in [0.1, 0.15) is 180 Å². The quantitative estimate of drug-likeness (QED) is 0.0995. The normalized spacial score (nSPS) is 33.2. The molecule has 4 aromatic rings. The number of phenolic OH excluding ortho intramolecular Hbond substituents is 2. The Kier molecular flexibility index (Phi) is 21.1. The van der Waals surface area contributed by atoms with E-state index in [9.17, 15) is 24.6 Å². The lowest BCUT2D eigenvalue weighted by atomic mass is 9.52. The summed E-state index contributed by atoms with van der Waals surface area (Å²) in [4.78, 5) is 40.9. The number of aliphatic hydroxyl groups is 2. The molecule has 498 valence electrons. The number of hydrogen-bond acceptors (Lipinski definition) is 12. The summed E-state index contributed by atoms with van der Waals surface area (Å²) < 4.78 is 11.0. The first-order chi connectivity index (χ1) is 42.9. The summed E-state index contributed by atoms with van der Waals surface area (Å²) in [6, 6.07) is 28.3. The van der Waals surface area contributed by atoms with E-state index in [1.165, 1.54) is 194 Å². The molecule has 6 N–H and O–H groups in total. The van der Waals surface area contributed by atoms with Gasteiger partial charge in [0.25, 0.3) is 0 Å². The van der Waals surface area contributed by atoms with Gasteiger partial charge >= 0.3 is 11.9 Å². The molecule has 8 fully saturated rings. The van der Waals surface area contributed by atoms with Crippen LogP contribution in [-0.2, 0) is 61.7 Å². The fourth-order valence-electron chi connectivity index (χ4n) is 21.2. The molecule has 91 heavy (non-hydrogen) atoms. The number of piperidine rings is 4. The van der Waals surface area contributed by atoms with Crippen LogP contribution in [0.15, 0.2) is 72.8 Å². The van der Waals surface area contributed by atoms with Crippen LogP contribution in [0, 0.1) is 23.7 Å². The zero-order valence-electron chi connectivity index (χ0n) is 54.0. The van der Waals surface area contributed by atoms with Gasteiger partial charge < -0.3 is 59.7 Å². The third kappa shape index (κ3) is 12.4. The maximum atomic E-state index is 11.5. The topological polar surface area (TPSA) is 204 Å². The molecule has 16 heteroatoms. The molecule has 4 aromatic carbocycles. The molecule has 0 unspecified atom stereocenters. The minimum absolute atomic E-state index is 0. The smallest absolute Gasteiger partial charge is 0.335 e. The van der Waals surface area contributed by atoms with Crippen LogP contribution in [0.25, 0.3) is 0 Å². The fraction of sp³-hybridized carbons (Fsp3) is 0.640. The maximum absolute atomic E-state index is 11.5. The van der Waals surface area contributed by atoms with Crippen molar-refractivity contribution in [1.29, 1.82) is 0 Å². The molecular weight excluding hydrogens is 1210 g/mol. The van der Waals surface area contributed by atoms with Gasteiger partial charge in [0.2, 0.25) is 6.41 Å². The average molecular weight is 1320 g/mol. The van der Waals surface area contributed by atoms with Crippen LogP contribution in [0.4, 0.5) is 0 Å². The van der Waals surface area contributed by atoms with E-state index < -0.39 is 24.1 Å². The van der Waals surface area contributed by atoms with Gasteiger partial charge in [0.05, 0.1) is 14.2 Å². The van der Waals surface area contributed by atoms with Crippen LogP contribution in [0.5, 0.6) is 23.0 Å². The number of rotatable bonds is 6. The average Bonchev–Trinajstić information content (AvgIpc) is 0.779. The summed E-state index contributed by atoms with van der Waals surface area (Å²) in [6.45, 7) is 4.62. The van der Waals surface area contributed by atoms with Gasteiger partial charge in [-0.15, -0.1) is 17.0 Å². The Bertz CT molecular complexity index is 3130. The van der Waals surface area contributed by atoms with E-state index in [0.717, 1.165) is 73.2 Å². The van der Waals surface area contributed by atoms with Crippen LogP contribution in [-0.4, -0.2) is 167 Å². The van der Waals surface area contributed by atoms with Crippen LogP contribution >= 0.6 is 17.0 Å². The Hall–Kier alpha value is -5.23.